The highest BCUT2D eigenvalue weighted by atomic mass is 15.1. The smallest absolute Gasteiger partial charge is 0.0958 e. The van der Waals surface area contributed by atoms with Crippen LogP contribution < -0.4 is 5.32 Å². The highest BCUT2D eigenvalue weighted by molar-refractivity contribution is 5.75. The molecule has 1 fully saturated rings. The molecule has 3 heteroatoms. The number of aromatic nitrogens is 2. The van der Waals surface area contributed by atoms with Crippen LogP contribution in [0.25, 0.3) is 11.0 Å². The van der Waals surface area contributed by atoms with Gasteiger partial charge in [-0.1, -0.05) is 6.07 Å². The lowest BCUT2D eigenvalue weighted by Gasteiger charge is -2.10. The zero-order valence-corrected chi connectivity index (χ0v) is 9.61. The first kappa shape index (κ1) is 9.85. The quantitative estimate of drug-likeness (QED) is 0.830. The Morgan fingerprint density at radius 2 is 2.44 bits per heavy atom. The molecule has 0 spiro atoms. The van der Waals surface area contributed by atoms with Crippen LogP contribution in [-0.4, -0.2) is 22.6 Å². The number of fused-ring (bicyclic) bond motifs is 1. The maximum atomic E-state index is 4.44. The molecule has 1 aliphatic heterocycles. The predicted octanol–water partition coefficient (Wildman–Crippen LogP) is 1.95. The van der Waals surface area contributed by atoms with E-state index in [9.17, 15) is 0 Å². The van der Waals surface area contributed by atoms with E-state index in [1.807, 2.05) is 6.33 Å². The van der Waals surface area contributed by atoms with Gasteiger partial charge in [0.2, 0.25) is 0 Å². The number of imidazole rings is 1. The molecular weight excluding hydrogens is 198 g/mol. The van der Waals surface area contributed by atoms with E-state index in [0.717, 1.165) is 31.1 Å². The van der Waals surface area contributed by atoms with E-state index in [2.05, 4.69) is 40.0 Å². The minimum Gasteiger partial charge on any atom is -0.330 e. The van der Waals surface area contributed by atoms with Crippen LogP contribution in [0.5, 0.6) is 0 Å². The number of hydrogen-bond acceptors (Lipinski definition) is 2. The van der Waals surface area contributed by atoms with E-state index in [1.165, 1.54) is 17.5 Å². The zero-order chi connectivity index (χ0) is 11.0. The van der Waals surface area contributed by atoms with E-state index in [-0.39, 0.29) is 0 Å². The summed E-state index contributed by atoms with van der Waals surface area (Å²) in [5.74, 6) is 0.762. The molecule has 1 aliphatic rings. The van der Waals surface area contributed by atoms with Crippen molar-refractivity contribution in [1.82, 2.24) is 14.9 Å². The van der Waals surface area contributed by atoms with Crippen LogP contribution in [-0.2, 0) is 6.54 Å². The second kappa shape index (κ2) is 3.91. The molecule has 1 saturated heterocycles. The van der Waals surface area contributed by atoms with Crippen molar-refractivity contribution >= 4 is 11.0 Å². The Hall–Kier alpha value is -1.35. The van der Waals surface area contributed by atoms with Crippen molar-refractivity contribution in [3.8, 4) is 0 Å². The summed E-state index contributed by atoms with van der Waals surface area (Å²) in [5, 5.41) is 3.41. The van der Waals surface area contributed by atoms with Crippen molar-refractivity contribution in [2.75, 3.05) is 13.1 Å². The molecule has 1 aromatic heterocycles. The fourth-order valence-corrected chi connectivity index (χ4v) is 2.46. The average molecular weight is 215 g/mol. The van der Waals surface area contributed by atoms with Crippen molar-refractivity contribution in [3.63, 3.8) is 0 Å². The molecule has 3 nitrogen and oxygen atoms in total. The third-order valence-corrected chi connectivity index (χ3v) is 3.39. The molecule has 1 N–H and O–H groups in total. The average Bonchev–Trinajstić information content (AvgIpc) is 2.90. The van der Waals surface area contributed by atoms with Gasteiger partial charge in [0, 0.05) is 6.54 Å². The molecular formula is C13H17N3. The summed E-state index contributed by atoms with van der Waals surface area (Å²) < 4.78 is 2.29. The van der Waals surface area contributed by atoms with Crippen LogP contribution in [0.2, 0.25) is 0 Å². The Morgan fingerprint density at radius 3 is 3.25 bits per heavy atom. The molecule has 0 amide bonds. The van der Waals surface area contributed by atoms with Crippen LogP contribution in [0, 0.1) is 12.8 Å². The molecule has 0 bridgehead atoms. The Morgan fingerprint density at radius 1 is 1.50 bits per heavy atom. The third-order valence-electron chi connectivity index (χ3n) is 3.39. The van der Waals surface area contributed by atoms with E-state index in [1.54, 1.807) is 0 Å². The minimum absolute atomic E-state index is 0.762. The maximum Gasteiger partial charge on any atom is 0.0958 e. The summed E-state index contributed by atoms with van der Waals surface area (Å²) in [6.45, 7) is 5.53. The van der Waals surface area contributed by atoms with E-state index >= 15 is 0 Å². The van der Waals surface area contributed by atoms with E-state index in [4.69, 9.17) is 0 Å². The highest BCUT2D eigenvalue weighted by Crippen LogP contribution is 2.18. The minimum atomic E-state index is 0.762. The topological polar surface area (TPSA) is 29.9 Å². The molecule has 1 unspecified atom stereocenters. The summed E-state index contributed by atoms with van der Waals surface area (Å²) in [7, 11) is 0. The number of rotatable bonds is 2. The normalized spacial score (nSPS) is 20.7. The van der Waals surface area contributed by atoms with Crippen LogP contribution in [0.1, 0.15) is 12.0 Å². The third kappa shape index (κ3) is 1.71. The van der Waals surface area contributed by atoms with Crippen LogP contribution in [0.3, 0.4) is 0 Å². The van der Waals surface area contributed by atoms with Gasteiger partial charge in [-0.15, -0.1) is 0 Å². The maximum absolute atomic E-state index is 4.44. The molecule has 0 aliphatic carbocycles. The molecule has 3 rings (SSSR count). The fraction of sp³-hybridized carbons (Fsp3) is 0.462. The number of nitrogens with zero attached hydrogens (tertiary/aromatic N) is 2. The van der Waals surface area contributed by atoms with Crippen LogP contribution >= 0.6 is 0 Å². The molecule has 1 atom stereocenters. The number of nitrogens with one attached hydrogen (secondary N) is 1. The molecule has 0 radical (unpaired) electrons. The van der Waals surface area contributed by atoms with Gasteiger partial charge in [0.25, 0.3) is 0 Å². The lowest BCUT2D eigenvalue weighted by atomic mass is 10.1. The van der Waals surface area contributed by atoms with Gasteiger partial charge < -0.3 is 9.88 Å². The van der Waals surface area contributed by atoms with Gasteiger partial charge in [0.1, 0.15) is 0 Å². The fourth-order valence-electron chi connectivity index (χ4n) is 2.46. The van der Waals surface area contributed by atoms with Gasteiger partial charge in [-0.05, 0) is 50.0 Å². The molecule has 2 heterocycles. The zero-order valence-electron chi connectivity index (χ0n) is 9.61. The largest absolute Gasteiger partial charge is 0.330 e. The lowest BCUT2D eigenvalue weighted by molar-refractivity contribution is 0.489. The second-order valence-corrected chi connectivity index (χ2v) is 4.75. The number of aryl methyl sites for hydroxylation is 1. The summed E-state index contributed by atoms with van der Waals surface area (Å²) in [4.78, 5) is 4.44. The van der Waals surface area contributed by atoms with Crippen molar-refractivity contribution in [3.05, 3.63) is 30.1 Å². The Labute approximate surface area is 95.5 Å². The van der Waals surface area contributed by atoms with Gasteiger partial charge >= 0.3 is 0 Å². The first-order chi connectivity index (χ1) is 7.83. The van der Waals surface area contributed by atoms with Crippen molar-refractivity contribution in [2.24, 2.45) is 5.92 Å². The van der Waals surface area contributed by atoms with Crippen LogP contribution in [0.15, 0.2) is 24.5 Å². The van der Waals surface area contributed by atoms with E-state index in [0.29, 0.717) is 0 Å². The molecule has 2 aromatic rings. The number of benzene rings is 1. The van der Waals surface area contributed by atoms with Gasteiger partial charge in [0.05, 0.1) is 17.4 Å². The first-order valence-corrected chi connectivity index (χ1v) is 5.95. The predicted molar refractivity (Wildman–Crippen MR) is 65.4 cm³/mol. The molecule has 16 heavy (non-hydrogen) atoms. The second-order valence-electron chi connectivity index (χ2n) is 4.75. The van der Waals surface area contributed by atoms with Crippen molar-refractivity contribution in [2.45, 2.75) is 19.9 Å². The van der Waals surface area contributed by atoms with Crippen molar-refractivity contribution in [1.29, 1.82) is 0 Å². The SMILES string of the molecule is Cc1ccc2ncn(CC3CCNC3)c2c1. The first-order valence-electron chi connectivity index (χ1n) is 5.95. The van der Waals surface area contributed by atoms with Gasteiger partial charge in [-0.3, -0.25) is 0 Å². The van der Waals surface area contributed by atoms with Gasteiger partial charge in [-0.2, -0.15) is 0 Å². The number of hydrogen-bond donors (Lipinski definition) is 1. The highest BCUT2D eigenvalue weighted by Gasteiger charge is 2.15. The standard InChI is InChI=1S/C13H17N3/c1-10-2-3-12-13(6-10)16(9-15-12)8-11-4-5-14-7-11/h2-3,6,9,11,14H,4-5,7-8H2,1H3. The summed E-state index contributed by atoms with van der Waals surface area (Å²) in [6.07, 6.45) is 3.26. The molecule has 0 saturated carbocycles. The monoisotopic (exact) mass is 215 g/mol. The summed E-state index contributed by atoms with van der Waals surface area (Å²) in [6, 6.07) is 6.45. The summed E-state index contributed by atoms with van der Waals surface area (Å²) in [5.41, 5.74) is 3.68. The Kier molecular flexibility index (Phi) is 2.40. The van der Waals surface area contributed by atoms with Gasteiger partial charge in [-0.25, -0.2) is 4.98 Å². The summed E-state index contributed by atoms with van der Waals surface area (Å²) >= 11 is 0. The van der Waals surface area contributed by atoms with Crippen LogP contribution in [0.4, 0.5) is 0 Å². The molecule has 1 aromatic carbocycles. The molecule has 84 valence electrons. The van der Waals surface area contributed by atoms with E-state index < -0.39 is 0 Å². The Bertz CT molecular complexity index is 495. The Balaban J connectivity index is 1.93. The lowest BCUT2D eigenvalue weighted by Crippen LogP contribution is -2.13. The van der Waals surface area contributed by atoms with Crippen molar-refractivity contribution < 1.29 is 0 Å². The van der Waals surface area contributed by atoms with Gasteiger partial charge in [0.15, 0.2) is 0 Å².